The van der Waals surface area contributed by atoms with Crippen LogP contribution in [0.1, 0.15) is 62.4 Å². The van der Waals surface area contributed by atoms with E-state index < -0.39 is 11.4 Å². The number of para-hydroxylation sites is 1. The van der Waals surface area contributed by atoms with Crippen LogP contribution in [0.25, 0.3) is 0 Å². The average molecular weight is 464 g/mol. The highest BCUT2D eigenvalue weighted by molar-refractivity contribution is 6.18. The number of carbonyl (C=O) groups excluding carboxylic acids is 2. The molecule has 8 nitrogen and oxygen atoms in total. The average Bonchev–Trinajstić information content (AvgIpc) is 3.60. The molecule has 3 aliphatic rings. The Morgan fingerprint density at radius 2 is 1.97 bits per heavy atom. The normalized spacial score (nSPS) is 20.9. The van der Waals surface area contributed by atoms with Crippen molar-refractivity contribution in [3.8, 4) is 5.75 Å². The van der Waals surface area contributed by atoms with Crippen molar-refractivity contribution >= 4 is 17.6 Å². The number of esters is 1. The lowest BCUT2D eigenvalue weighted by atomic mass is 9.68. The first-order valence-corrected chi connectivity index (χ1v) is 11.9. The summed E-state index contributed by atoms with van der Waals surface area (Å²) in [5, 5.41) is 0. The van der Waals surface area contributed by atoms with Gasteiger partial charge in [0.15, 0.2) is 0 Å². The van der Waals surface area contributed by atoms with Crippen LogP contribution in [0.5, 0.6) is 5.75 Å². The second-order valence-corrected chi connectivity index (χ2v) is 9.07. The maximum Gasteiger partial charge on any atom is 0.341 e. The molecule has 1 fully saturated rings. The van der Waals surface area contributed by atoms with Crippen LogP contribution in [0.15, 0.2) is 46.6 Å². The number of nitrogens with two attached hydrogens (primary N) is 1. The van der Waals surface area contributed by atoms with E-state index in [0.29, 0.717) is 17.8 Å². The summed E-state index contributed by atoms with van der Waals surface area (Å²) in [6, 6.07) is 9.11. The maximum atomic E-state index is 14.4. The van der Waals surface area contributed by atoms with Crippen LogP contribution < -0.4 is 20.9 Å². The Bertz CT molecular complexity index is 1290. The number of rotatable bonds is 6. The standard InChI is InChI=1S/C26H29N3O5/c1-4-6-13-28-18-10-8-7-9-17(18)26(25(28)32)20-19(34-22(27)21(26)24(31)33-5-2)14-15(3)29(23(20)30)16-11-12-16/h7-10,14,16H,4-6,11-13,27H2,1-3H3. The van der Waals surface area contributed by atoms with E-state index in [1.54, 1.807) is 34.6 Å². The Morgan fingerprint density at radius 3 is 2.65 bits per heavy atom. The van der Waals surface area contributed by atoms with E-state index >= 15 is 0 Å². The summed E-state index contributed by atoms with van der Waals surface area (Å²) in [6.45, 7) is 6.12. The number of fused-ring (bicyclic) bond motifs is 4. The molecule has 1 atom stereocenters. The SMILES string of the molecule is CCCCN1C(=O)C2(C(C(=O)OCC)=C(N)Oc3cc(C)n(C4CC4)c(=O)c32)c2ccccc21. The minimum Gasteiger partial charge on any atom is -0.462 e. The third-order valence-corrected chi connectivity index (χ3v) is 6.91. The van der Waals surface area contributed by atoms with Gasteiger partial charge in [0.05, 0.1) is 12.2 Å². The number of aromatic nitrogens is 1. The molecular weight excluding hydrogens is 434 g/mol. The molecule has 2 aliphatic heterocycles. The number of unbranched alkanes of at least 4 members (excludes halogenated alkanes) is 1. The van der Waals surface area contributed by atoms with Crippen molar-refractivity contribution in [2.75, 3.05) is 18.1 Å². The highest BCUT2D eigenvalue weighted by Crippen LogP contribution is 2.55. The number of aryl methyl sites for hydroxylation is 1. The zero-order chi connectivity index (χ0) is 24.2. The van der Waals surface area contributed by atoms with E-state index in [-0.39, 0.29) is 46.9 Å². The molecule has 8 heteroatoms. The van der Waals surface area contributed by atoms with E-state index in [2.05, 4.69) is 0 Å². The van der Waals surface area contributed by atoms with Crippen molar-refractivity contribution in [1.82, 2.24) is 4.57 Å². The number of amides is 1. The third-order valence-electron chi connectivity index (χ3n) is 6.91. The second-order valence-electron chi connectivity index (χ2n) is 9.07. The van der Waals surface area contributed by atoms with Crippen molar-refractivity contribution in [3.05, 3.63) is 69.0 Å². The number of hydrogen-bond acceptors (Lipinski definition) is 6. The van der Waals surface area contributed by atoms with Gasteiger partial charge in [0.25, 0.3) is 5.56 Å². The van der Waals surface area contributed by atoms with Crippen molar-refractivity contribution in [2.24, 2.45) is 5.73 Å². The largest absolute Gasteiger partial charge is 0.462 e. The predicted molar refractivity (Wildman–Crippen MR) is 127 cm³/mol. The third kappa shape index (κ3) is 2.94. The molecule has 1 saturated carbocycles. The molecule has 34 heavy (non-hydrogen) atoms. The van der Waals surface area contributed by atoms with Gasteiger partial charge < -0.3 is 24.7 Å². The summed E-state index contributed by atoms with van der Waals surface area (Å²) in [6.07, 6.45) is 3.44. The van der Waals surface area contributed by atoms with Gasteiger partial charge in [0, 0.05) is 35.6 Å². The van der Waals surface area contributed by atoms with Crippen LogP contribution in [0.4, 0.5) is 5.69 Å². The highest BCUT2D eigenvalue weighted by Gasteiger charge is 2.62. The van der Waals surface area contributed by atoms with Crippen molar-refractivity contribution in [3.63, 3.8) is 0 Å². The summed E-state index contributed by atoms with van der Waals surface area (Å²) in [5.41, 5.74) is 6.24. The molecule has 1 aliphatic carbocycles. The number of pyridine rings is 1. The van der Waals surface area contributed by atoms with Gasteiger partial charge in [-0.2, -0.15) is 0 Å². The van der Waals surface area contributed by atoms with E-state index in [1.807, 2.05) is 26.0 Å². The fourth-order valence-corrected chi connectivity index (χ4v) is 5.34. The van der Waals surface area contributed by atoms with Crippen LogP contribution in [0, 0.1) is 6.92 Å². The van der Waals surface area contributed by atoms with Gasteiger partial charge in [0.1, 0.15) is 16.7 Å². The predicted octanol–water partition coefficient (Wildman–Crippen LogP) is 3.05. The van der Waals surface area contributed by atoms with E-state index in [9.17, 15) is 14.4 Å². The van der Waals surface area contributed by atoms with Gasteiger partial charge >= 0.3 is 5.97 Å². The minimum absolute atomic E-state index is 0.0760. The summed E-state index contributed by atoms with van der Waals surface area (Å²) < 4.78 is 12.9. The molecule has 1 spiro atoms. The van der Waals surface area contributed by atoms with Crippen LogP contribution in [-0.2, 0) is 19.7 Å². The van der Waals surface area contributed by atoms with Gasteiger partial charge in [-0.25, -0.2) is 4.79 Å². The first-order chi connectivity index (χ1) is 16.4. The molecule has 1 amide bonds. The molecule has 5 rings (SSSR count). The first kappa shape index (κ1) is 22.3. The Morgan fingerprint density at radius 1 is 1.24 bits per heavy atom. The highest BCUT2D eigenvalue weighted by atomic mass is 16.5. The number of carbonyl (C=O) groups is 2. The molecule has 1 unspecified atom stereocenters. The van der Waals surface area contributed by atoms with Crippen LogP contribution >= 0.6 is 0 Å². The van der Waals surface area contributed by atoms with Crippen molar-refractivity contribution in [2.45, 2.75) is 57.9 Å². The molecule has 1 aromatic heterocycles. The monoisotopic (exact) mass is 463 g/mol. The lowest BCUT2D eigenvalue weighted by Gasteiger charge is -2.36. The van der Waals surface area contributed by atoms with Gasteiger partial charge in [-0.15, -0.1) is 0 Å². The van der Waals surface area contributed by atoms with Crippen LogP contribution in [-0.4, -0.2) is 29.6 Å². The summed E-state index contributed by atoms with van der Waals surface area (Å²) in [4.78, 5) is 43.5. The topological polar surface area (TPSA) is 104 Å². The van der Waals surface area contributed by atoms with E-state index in [4.69, 9.17) is 15.2 Å². The molecule has 0 saturated heterocycles. The Labute approximate surface area is 197 Å². The molecule has 0 radical (unpaired) electrons. The Kier molecular flexibility index (Phi) is 5.26. The molecule has 178 valence electrons. The maximum absolute atomic E-state index is 14.4. The number of ether oxygens (including phenoxy) is 2. The minimum atomic E-state index is -1.73. The molecule has 3 heterocycles. The quantitative estimate of drug-likeness (QED) is 0.661. The summed E-state index contributed by atoms with van der Waals surface area (Å²) in [7, 11) is 0. The zero-order valence-electron chi connectivity index (χ0n) is 19.7. The lowest BCUT2D eigenvalue weighted by Crippen LogP contribution is -2.52. The number of benzene rings is 1. The van der Waals surface area contributed by atoms with Gasteiger partial charge in [0.2, 0.25) is 11.8 Å². The molecule has 2 N–H and O–H groups in total. The lowest BCUT2D eigenvalue weighted by molar-refractivity contribution is -0.140. The molecule has 1 aromatic carbocycles. The number of anilines is 1. The van der Waals surface area contributed by atoms with Gasteiger partial charge in [-0.05, 0) is 39.2 Å². The second kappa shape index (κ2) is 8.04. The van der Waals surface area contributed by atoms with Crippen molar-refractivity contribution in [1.29, 1.82) is 0 Å². The number of hydrogen-bond donors (Lipinski definition) is 1. The molecule has 2 aromatic rings. The smallest absolute Gasteiger partial charge is 0.341 e. The Hall–Kier alpha value is -3.55. The van der Waals surface area contributed by atoms with Crippen LogP contribution in [0.3, 0.4) is 0 Å². The first-order valence-electron chi connectivity index (χ1n) is 11.9. The van der Waals surface area contributed by atoms with Gasteiger partial charge in [-0.1, -0.05) is 31.5 Å². The summed E-state index contributed by atoms with van der Waals surface area (Å²) >= 11 is 0. The molecule has 0 bridgehead atoms. The fourth-order valence-electron chi connectivity index (χ4n) is 5.34. The van der Waals surface area contributed by atoms with Crippen LogP contribution in [0.2, 0.25) is 0 Å². The zero-order valence-corrected chi connectivity index (χ0v) is 19.7. The summed E-state index contributed by atoms with van der Waals surface area (Å²) in [5.74, 6) is -1.13. The van der Waals surface area contributed by atoms with E-state index in [0.717, 1.165) is 31.4 Å². The Balaban J connectivity index is 1.89. The van der Waals surface area contributed by atoms with E-state index in [1.165, 1.54) is 0 Å². The fraction of sp³-hybridized carbons (Fsp3) is 0.423. The molecular formula is C26H29N3O5. The van der Waals surface area contributed by atoms with Crippen molar-refractivity contribution < 1.29 is 19.1 Å². The van der Waals surface area contributed by atoms with Gasteiger partial charge in [-0.3, -0.25) is 9.59 Å². The number of nitrogens with zero attached hydrogens (tertiary/aromatic N) is 2.